The summed E-state index contributed by atoms with van der Waals surface area (Å²) in [5.41, 5.74) is 0.620. The molecule has 0 aliphatic carbocycles. The van der Waals surface area contributed by atoms with E-state index in [4.69, 9.17) is 20.8 Å². The molecule has 1 heterocycles. The van der Waals surface area contributed by atoms with Gasteiger partial charge in [-0.2, -0.15) is 5.26 Å². The van der Waals surface area contributed by atoms with Gasteiger partial charge >= 0.3 is 0 Å². The predicted octanol–water partition coefficient (Wildman–Crippen LogP) is 3.52. The first-order valence-electron chi connectivity index (χ1n) is 8.59. The van der Waals surface area contributed by atoms with E-state index in [1.807, 2.05) is 6.07 Å². The predicted molar refractivity (Wildman–Crippen MR) is 109 cm³/mol. The van der Waals surface area contributed by atoms with Crippen LogP contribution in [-0.2, 0) is 4.79 Å². The number of hydrogen-bond acceptors (Lipinski definition) is 6. The van der Waals surface area contributed by atoms with Gasteiger partial charge in [-0.1, -0.05) is 11.6 Å². The number of benzene rings is 2. The van der Waals surface area contributed by atoms with Gasteiger partial charge in [-0.05, 0) is 54.6 Å². The van der Waals surface area contributed by atoms with Crippen LogP contribution in [0.25, 0.3) is 17.4 Å². The van der Waals surface area contributed by atoms with Crippen molar-refractivity contribution in [2.75, 3.05) is 12.4 Å². The van der Waals surface area contributed by atoms with Crippen molar-refractivity contribution in [3.8, 4) is 23.1 Å². The molecule has 3 rings (SSSR count). The van der Waals surface area contributed by atoms with Gasteiger partial charge in [0.2, 0.25) is 0 Å². The Kier molecular flexibility index (Phi) is 6.20. The van der Waals surface area contributed by atoms with Crippen molar-refractivity contribution in [3.63, 3.8) is 0 Å². The topological polar surface area (TPSA) is 115 Å². The van der Waals surface area contributed by atoms with Crippen molar-refractivity contribution in [1.29, 1.82) is 5.26 Å². The Bertz CT molecular complexity index is 1170. The molecule has 8 heteroatoms. The van der Waals surface area contributed by atoms with E-state index in [2.05, 4.69) is 5.32 Å². The van der Waals surface area contributed by atoms with Gasteiger partial charge in [0.1, 0.15) is 28.9 Å². The molecule has 0 saturated carbocycles. The maximum absolute atomic E-state index is 12.4. The van der Waals surface area contributed by atoms with Crippen molar-refractivity contribution in [1.82, 2.24) is 0 Å². The minimum atomic E-state index is -1.41. The minimum Gasteiger partial charge on any atom is -0.545 e. The van der Waals surface area contributed by atoms with Crippen molar-refractivity contribution in [3.05, 3.63) is 76.5 Å². The van der Waals surface area contributed by atoms with Crippen molar-refractivity contribution in [2.45, 2.75) is 0 Å². The number of ether oxygens (including phenoxy) is 1. The number of hydrogen-bond donors (Lipinski definition) is 1. The SMILES string of the molecule is COc1ccc(NC(=O)/C(C#N)=C/c2ccc(-c3ccc(Cl)c(C(=O)[O-])c3)o2)cc1. The van der Waals surface area contributed by atoms with E-state index in [0.29, 0.717) is 22.8 Å². The second-order valence-electron chi connectivity index (χ2n) is 6.04. The van der Waals surface area contributed by atoms with E-state index in [-0.39, 0.29) is 21.9 Å². The molecule has 0 spiro atoms. The number of amides is 1. The molecule has 3 aromatic rings. The smallest absolute Gasteiger partial charge is 0.266 e. The highest BCUT2D eigenvalue weighted by Gasteiger charge is 2.12. The van der Waals surface area contributed by atoms with Crippen LogP contribution in [0.1, 0.15) is 16.1 Å². The molecule has 1 aromatic heterocycles. The molecule has 1 N–H and O–H groups in total. The number of halogens is 1. The summed E-state index contributed by atoms with van der Waals surface area (Å²) in [6.45, 7) is 0. The number of carbonyl (C=O) groups excluding carboxylic acids is 2. The second-order valence-corrected chi connectivity index (χ2v) is 6.44. The first-order chi connectivity index (χ1) is 14.4. The zero-order valence-corrected chi connectivity index (χ0v) is 16.4. The normalized spacial score (nSPS) is 10.9. The number of furan rings is 1. The highest BCUT2D eigenvalue weighted by Crippen LogP contribution is 2.27. The number of carboxylic acid groups (broad SMARTS) is 1. The van der Waals surface area contributed by atoms with E-state index in [9.17, 15) is 20.0 Å². The summed E-state index contributed by atoms with van der Waals surface area (Å²) in [5.74, 6) is -0.789. The van der Waals surface area contributed by atoms with Crippen LogP contribution in [0.15, 0.2) is 64.6 Å². The van der Waals surface area contributed by atoms with Crippen LogP contribution in [-0.4, -0.2) is 19.0 Å². The van der Waals surface area contributed by atoms with Crippen LogP contribution >= 0.6 is 11.6 Å². The molecule has 30 heavy (non-hydrogen) atoms. The molecule has 0 atom stereocenters. The Morgan fingerprint density at radius 2 is 1.90 bits per heavy atom. The van der Waals surface area contributed by atoms with Gasteiger partial charge in [0.15, 0.2) is 0 Å². The molecule has 0 bridgehead atoms. The van der Waals surface area contributed by atoms with Crippen LogP contribution < -0.4 is 15.2 Å². The fraction of sp³-hybridized carbons (Fsp3) is 0.0455. The maximum atomic E-state index is 12.4. The highest BCUT2D eigenvalue weighted by atomic mass is 35.5. The van der Waals surface area contributed by atoms with Gasteiger partial charge < -0.3 is 24.4 Å². The average Bonchev–Trinajstić information content (AvgIpc) is 3.21. The second kappa shape index (κ2) is 8.99. The largest absolute Gasteiger partial charge is 0.545 e. The lowest BCUT2D eigenvalue weighted by molar-refractivity contribution is -0.255. The summed E-state index contributed by atoms with van der Waals surface area (Å²) in [6.07, 6.45) is 1.29. The van der Waals surface area contributed by atoms with E-state index in [1.54, 1.807) is 42.5 Å². The molecule has 7 nitrogen and oxygen atoms in total. The number of nitrogens with one attached hydrogen (secondary N) is 1. The van der Waals surface area contributed by atoms with E-state index in [0.717, 1.165) is 0 Å². The Morgan fingerprint density at radius 3 is 2.53 bits per heavy atom. The Hall–Kier alpha value is -4.02. The lowest BCUT2D eigenvalue weighted by Crippen LogP contribution is -2.22. The number of anilines is 1. The van der Waals surface area contributed by atoms with Gasteiger partial charge in [0.05, 0.1) is 13.1 Å². The third-order valence-corrected chi connectivity index (χ3v) is 4.43. The Balaban J connectivity index is 1.81. The zero-order valence-electron chi connectivity index (χ0n) is 15.6. The van der Waals surface area contributed by atoms with E-state index < -0.39 is 11.9 Å². The number of rotatable bonds is 6. The third kappa shape index (κ3) is 4.69. The van der Waals surface area contributed by atoms with Crippen LogP contribution in [0.2, 0.25) is 5.02 Å². The summed E-state index contributed by atoms with van der Waals surface area (Å²) < 4.78 is 10.7. The number of carbonyl (C=O) groups is 2. The molecule has 0 radical (unpaired) electrons. The summed E-state index contributed by atoms with van der Waals surface area (Å²) in [6, 6.07) is 16.0. The lowest BCUT2D eigenvalue weighted by Gasteiger charge is -2.07. The first-order valence-corrected chi connectivity index (χ1v) is 8.97. The molecule has 0 aliphatic rings. The molecule has 0 fully saturated rings. The molecular formula is C22H14ClN2O5-. The highest BCUT2D eigenvalue weighted by molar-refractivity contribution is 6.33. The van der Waals surface area contributed by atoms with Gasteiger partial charge in [0.25, 0.3) is 5.91 Å². The summed E-state index contributed by atoms with van der Waals surface area (Å²) in [7, 11) is 1.53. The number of nitriles is 1. The van der Waals surface area contributed by atoms with Crippen LogP contribution in [0.3, 0.4) is 0 Å². The van der Waals surface area contributed by atoms with Gasteiger partial charge in [-0.3, -0.25) is 4.79 Å². The van der Waals surface area contributed by atoms with Crippen molar-refractivity contribution < 1.29 is 23.8 Å². The molecule has 1 amide bonds. The zero-order chi connectivity index (χ0) is 21.7. The standard InChI is InChI=1S/C22H15ClN2O5/c1-29-16-5-3-15(4-6-16)25-21(26)14(12-24)10-17-7-9-20(30-17)13-2-8-19(23)18(11-13)22(27)28/h2-11H,1H3,(H,25,26)(H,27,28)/p-1/b14-10+. The first kappa shape index (κ1) is 20.7. The van der Waals surface area contributed by atoms with Crippen molar-refractivity contribution >= 4 is 35.2 Å². The third-order valence-electron chi connectivity index (χ3n) is 4.10. The lowest BCUT2D eigenvalue weighted by atomic mass is 10.1. The van der Waals surface area contributed by atoms with E-state index >= 15 is 0 Å². The molecule has 150 valence electrons. The quantitative estimate of drug-likeness (QED) is 0.481. The van der Waals surface area contributed by atoms with Crippen molar-refractivity contribution in [2.24, 2.45) is 0 Å². The van der Waals surface area contributed by atoms with Crippen LogP contribution in [0.5, 0.6) is 5.75 Å². The number of methoxy groups -OCH3 is 1. The van der Waals surface area contributed by atoms with Crippen LogP contribution in [0, 0.1) is 11.3 Å². The number of carboxylic acids is 1. The summed E-state index contributed by atoms with van der Waals surface area (Å²) in [5, 5.41) is 23.1. The molecule has 2 aromatic carbocycles. The summed E-state index contributed by atoms with van der Waals surface area (Å²) in [4.78, 5) is 23.5. The maximum Gasteiger partial charge on any atom is 0.266 e. The van der Waals surface area contributed by atoms with Crippen LogP contribution in [0.4, 0.5) is 5.69 Å². The van der Waals surface area contributed by atoms with E-state index in [1.165, 1.54) is 25.3 Å². The Labute approximate surface area is 176 Å². The average molecular weight is 422 g/mol. The van der Waals surface area contributed by atoms with Gasteiger partial charge in [0, 0.05) is 27.9 Å². The van der Waals surface area contributed by atoms with Gasteiger partial charge in [-0.15, -0.1) is 0 Å². The fourth-order valence-electron chi connectivity index (χ4n) is 2.58. The van der Waals surface area contributed by atoms with Gasteiger partial charge in [-0.25, -0.2) is 0 Å². The summed E-state index contributed by atoms with van der Waals surface area (Å²) >= 11 is 5.84. The monoisotopic (exact) mass is 421 g/mol. The molecular weight excluding hydrogens is 408 g/mol. The number of aromatic carboxylic acids is 1. The minimum absolute atomic E-state index is 0.0485. The Morgan fingerprint density at radius 1 is 1.17 bits per heavy atom. The number of nitrogens with zero attached hydrogens (tertiary/aromatic N) is 1. The molecule has 0 saturated heterocycles. The fourth-order valence-corrected chi connectivity index (χ4v) is 2.78. The molecule has 0 aliphatic heterocycles. The molecule has 0 unspecified atom stereocenters.